The summed E-state index contributed by atoms with van der Waals surface area (Å²) >= 11 is 0. The maximum atomic E-state index is 12.4. The van der Waals surface area contributed by atoms with E-state index in [4.69, 9.17) is 0 Å². The second-order valence-electron chi connectivity index (χ2n) is 6.77. The third-order valence-corrected chi connectivity index (χ3v) is 4.48. The van der Waals surface area contributed by atoms with Crippen LogP contribution in [0.15, 0.2) is 18.2 Å². The van der Waals surface area contributed by atoms with Gasteiger partial charge in [-0.25, -0.2) is 0 Å². The van der Waals surface area contributed by atoms with E-state index in [2.05, 4.69) is 45.1 Å². The summed E-state index contributed by atoms with van der Waals surface area (Å²) in [7, 11) is 3.75. The summed E-state index contributed by atoms with van der Waals surface area (Å²) < 4.78 is 0. The summed E-state index contributed by atoms with van der Waals surface area (Å²) in [6, 6.07) is 6.20. The summed E-state index contributed by atoms with van der Waals surface area (Å²) in [5, 5.41) is 2.75. The van der Waals surface area contributed by atoms with E-state index in [1.165, 1.54) is 11.1 Å². The van der Waals surface area contributed by atoms with E-state index in [0.717, 1.165) is 37.9 Å². The van der Waals surface area contributed by atoms with Crippen molar-refractivity contribution < 1.29 is 4.79 Å². The molecule has 0 saturated carbocycles. The molecule has 0 aliphatic carbocycles. The molecule has 1 aromatic rings. The number of hydrogen-bond acceptors (Lipinski definition) is 2. The van der Waals surface area contributed by atoms with Crippen molar-refractivity contribution in [1.82, 2.24) is 10.2 Å². The fourth-order valence-corrected chi connectivity index (χ4v) is 2.85. The Hall–Kier alpha value is -1.35. The van der Waals surface area contributed by atoms with Gasteiger partial charge in [0.1, 0.15) is 0 Å². The van der Waals surface area contributed by atoms with Crippen LogP contribution in [0.5, 0.6) is 0 Å². The lowest BCUT2D eigenvalue weighted by Crippen LogP contribution is -2.28. The van der Waals surface area contributed by atoms with Gasteiger partial charge in [0, 0.05) is 18.7 Å². The minimum Gasteiger partial charge on any atom is -0.339 e. The maximum absolute atomic E-state index is 12.4. The number of likely N-dealkylation sites (tertiary alicyclic amines) is 1. The summed E-state index contributed by atoms with van der Waals surface area (Å²) in [5.74, 6) is 0.196. The highest BCUT2D eigenvalue weighted by molar-refractivity contribution is 5.94. The maximum Gasteiger partial charge on any atom is 0.253 e. The Morgan fingerprint density at radius 1 is 1.23 bits per heavy atom. The number of nitrogens with one attached hydrogen (secondary N) is 1. The van der Waals surface area contributed by atoms with E-state index in [1.54, 1.807) is 0 Å². The molecular weight excluding hydrogens is 272 g/mol. The van der Waals surface area contributed by atoms with Crippen LogP contribution in [0.2, 0.25) is 0 Å². The molecule has 22 heavy (non-hydrogen) atoms. The second kappa shape index (κ2) is 8.33. The Morgan fingerprint density at radius 3 is 2.23 bits per heavy atom. The third kappa shape index (κ3) is 4.57. The van der Waals surface area contributed by atoms with E-state index in [1.807, 2.05) is 25.1 Å². The van der Waals surface area contributed by atoms with Gasteiger partial charge in [0.15, 0.2) is 0 Å². The van der Waals surface area contributed by atoms with E-state index in [9.17, 15) is 4.79 Å². The van der Waals surface area contributed by atoms with Gasteiger partial charge in [0.05, 0.1) is 0 Å². The van der Waals surface area contributed by atoms with Gasteiger partial charge in [-0.05, 0) is 69.0 Å². The van der Waals surface area contributed by atoms with E-state index in [-0.39, 0.29) is 11.3 Å². The zero-order chi connectivity index (χ0) is 16.8. The predicted molar refractivity (Wildman–Crippen MR) is 94.6 cm³/mol. The first-order valence-corrected chi connectivity index (χ1v) is 8.36. The Labute approximate surface area is 136 Å². The van der Waals surface area contributed by atoms with Crippen LogP contribution in [0.4, 0.5) is 0 Å². The summed E-state index contributed by atoms with van der Waals surface area (Å²) in [6.07, 6.45) is 3.39. The molecule has 1 aliphatic rings. The summed E-state index contributed by atoms with van der Waals surface area (Å²) in [4.78, 5) is 14.3. The van der Waals surface area contributed by atoms with Gasteiger partial charge in [-0.15, -0.1) is 0 Å². The standard InChI is InChI=1S/C17H25NO.C2H7N/c1-5-17(3,4)15-9-8-14(12-13(15)2)16(19)18-10-6-7-11-18;1-3-2/h8-9,12H,5-7,10-11H2,1-4H3;3H,1-2H3. The highest BCUT2D eigenvalue weighted by Crippen LogP contribution is 2.30. The van der Waals surface area contributed by atoms with E-state index < -0.39 is 0 Å². The number of nitrogens with zero attached hydrogens (tertiary/aromatic N) is 1. The number of benzene rings is 1. The zero-order valence-electron chi connectivity index (χ0n) is 15.1. The molecule has 0 bridgehead atoms. The van der Waals surface area contributed by atoms with Crippen LogP contribution in [-0.2, 0) is 5.41 Å². The smallest absolute Gasteiger partial charge is 0.253 e. The van der Waals surface area contributed by atoms with E-state index >= 15 is 0 Å². The Balaban J connectivity index is 0.000000745. The van der Waals surface area contributed by atoms with Crippen molar-refractivity contribution in [3.8, 4) is 0 Å². The lowest BCUT2D eigenvalue weighted by atomic mass is 9.79. The van der Waals surface area contributed by atoms with Crippen LogP contribution < -0.4 is 5.32 Å². The average molecular weight is 304 g/mol. The van der Waals surface area contributed by atoms with Gasteiger partial charge in [-0.2, -0.15) is 0 Å². The van der Waals surface area contributed by atoms with Crippen LogP contribution >= 0.6 is 0 Å². The monoisotopic (exact) mass is 304 g/mol. The van der Waals surface area contributed by atoms with Crippen molar-refractivity contribution in [2.75, 3.05) is 27.2 Å². The molecule has 1 amide bonds. The average Bonchev–Trinajstić information content (AvgIpc) is 3.01. The fourth-order valence-electron chi connectivity index (χ4n) is 2.85. The van der Waals surface area contributed by atoms with Gasteiger partial charge in [0.25, 0.3) is 5.91 Å². The Kier molecular flexibility index (Phi) is 7.08. The Morgan fingerprint density at radius 2 is 1.77 bits per heavy atom. The summed E-state index contributed by atoms with van der Waals surface area (Å²) in [5.41, 5.74) is 3.61. The quantitative estimate of drug-likeness (QED) is 0.922. The molecule has 1 aromatic carbocycles. The molecule has 0 spiro atoms. The van der Waals surface area contributed by atoms with Gasteiger partial charge in [0.2, 0.25) is 0 Å². The number of hydrogen-bond donors (Lipinski definition) is 1. The van der Waals surface area contributed by atoms with Crippen LogP contribution in [0, 0.1) is 6.92 Å². The molecule has 0 aromatic heterocycles. The number of aryl methyl sites for hydroxylation is 1. The minimum atomic E-state index is 0.180. The first-order valence-electron chi connectivity index (χ1n) is 8.36. The van der Waals surface area contributed by atoms with Crippen molar-refractivity contribution in [1.29, 1.82) is 0 Å². The Bertz CT molecular complexity index is 488. The van der Waals surface area contributed by atoms with Crippen molar-refractivity contribution in [3.05, 3.63) is 34.9 Å². The molecule has 1 N–H and O–H groups in total. The molecule has 3 nitrogen and oxygen atoms in total. The molecule has 1 aliphatic heterocycles. The van der Waals surface area contributed by atoms with Crippen LogP contribution in [0.25, 0.3) is 0 Å². The number of carbonyl (C=O) groups excluding carboxylic acids is 1. The largest absolute Gasteiger partial charge is 0.339 e. The molecule has 1 heterocycles. The number of amides is 1. The first-order chi connectivity index (χ1) is 10.4. The van der Waals surface area contributed by atoms with Gasteiger partial charge >= 0.3 is 0 Å². The van der Waals surface area contributed by atoms with Crippen molar-refractivity contribution in [2.45, 2.75) is 52.4 Å². The number of rotatable bonds is 3. The first kappa shape index (κ1) is 18.7. The third-order valence-electron chi connectivity index (χ3n) is 4.48. The van der Waals surface area contributed by atoms with Crippen molar-refractivity contribution in [2.24, 2.45) is 0 Å². The van der Waals surface area contributed by atoms with Gasteiger partial charge < -0.3 is 10.2 Å². The van der Waals surface area contributed by atoms with Crippen LogP contribution in [-0.4, -0.2) is 38.0 Å². The van der Waals surface area contributed by atoms with Crippen molar-refractivity contribution in [3.63, 3.8) is 0 Å². The highest BCUT2D eigenvalue weighted by atomic mass is 16.2. The molecule has 0 unspecified atom stereocenters. The molecule has 3 heteroatoms. The SMILES string of the molecule is CCC(C)(C)c1ccc(C(=O)N2CCCC2)cc1C.CNC. The van der Waals surface area contributed by atoms with Crippen molar-refractivity contribution >= 4 is 5.91 Å². The minimum absolute atomic E-state index is 0.180. The molecule has 1 fully saturated rings. The molecule has 0 radical (unpaired) electrons. The topological polar surface area (TPSA) is 32.3 Å². The fraction of sp³-hybridized carbons (Fsp3) is 0.632. The molecule has 0 atom stereocenters. The van der Waals surface area contributed by atoms with Crippen LogP contribution in [0.1, 0.15) is 61.5 Å². The lowest BCUT2D eigenvalue weighted by molar-refractivity contribution is 0.0792. The van der Waals surface area contributed by atoms with Gasteiger partial charge in [-0.3, -0.25) is 4.79 Å². The number of carbonyl (C=O) groups is 1. The lowest BCUT2D eigenvalue weighted by Gasteiger charge is -2.26. The van der Waals surface area contributed by atoms with E-state index in [0.29, 0.717) is 0 Å². The predicted octanol–water partition coefficient (Wildman–Crippen LogP) is 3.75. The molecule has 124 valence electrons. The molecular formula is C19H32N2O. The molecule has 2 rings (SSSR count). The van der Waals surface area contributed by atoms with Crippen LogP contribution in [0.3, 0.4) is 0 Å². The highest BCUT2D eigenvalue weighted by Gasteiger charge is 2.23. The normalized spacial score (nSPS) is 14.5. The second-order valence-corrected chi connectivity index (χ2v) is 6.77. The molecule has 1 saturated heterocycles. The zero-order valence-corrected chi connectivity index (χ0v) is 15.1. The summed E-state index contributed by atoms with van der Waals surface area (Å²) in [6.45, 7) is 10.7. The van der Waals surface area contributed by atoms with Gasteiger partial charge in [-0.1, -0.05) is 26.8 Å².